The van der Waals surface area contributed by atoms with Gasteiger partial charge < -0.3 is 5.32 Å². The van der Waals surface area contributed by atoms with Crippen LogP contribution < -0.4 is 5.32 Å². The monoisotopic (exact) mass is 447 g/mol. The van der Waals surface area contributed by atoms with E-state index in [1.54, 1.807) is 0 Å². The Hall–Kier alpha value is 1.40. The first-order valence-corrected chi connectivity index (χ1v) is 9.59. The van der Waals surface area contributed by atoms with Gasteiger partial charge in [-0.05, 0) is 25.9 Å². The molecule has 4 heteroatoms. The fourth-order valence-corrected chi connectivity index (χ4v) is 4.64. The van der Waals surface area contributed by atoms with E-state index < -0.39 is 0 Å². The fraction of sp³-hybridized carbons (Fsp3) is 1.00. The molecule has 0 amide bonds. The van der Waals surface area contributed by atoms with Crippen LogP contribution in [-0.2, 0) is 0 Å². The van der Waals surface area contributed by atoms with Crippen molar-refractivity contribution in [1.82, 2.24) is 5.32 Å². The average molecular weight is 450 g/mol. The molecule has 1 nitrogen and oxygen atoms in total. The lowest BCUT2D eigenvalue weighted by Crippen LogP contribution is -2.09. The van der Waals surface area contributed by atoms with Crippen LogP contribution in [0.1, 0.15) is 65.7 Å². The van der Waals surface area contributed by atoms with Crippen molar-refractivity contribution < 1.29 is 0 Å². The first-order chi connectivity index (χ1) is 8.43. The highest BCUT2D eigenvalue weighted by atomic mass is 79.9. The molecular formula is C14H28Br3N. The minimum atomic E-state index is 0.192. The Morgan fingerprint density at radius 1 is 0.889 bits per heavy atom. The number of hydrogen-bond donors (Lipinski definition) is 1. The van der Waals surface area contributed by atoms with E-state index in [4.69, 9.17) is 0 Å². The van der Waals surface area contributed by atoms with Crippen LogP contribution in [0, 0.1) is 0 Å². The van der Waals surface area contributed by atoms with Crippen molar-refractivity contribution in [2.45, 2.75) is 73.3 Å². The number of alkyl halides is 3. The van der Waals surface area contributed by atoms with E-state index in [0.29, 0.717) is 4.32 Å². The van der Waals surface area contributed by atoms with Crippen molar-refractivity contribution in [3.8, 4) is 0 Å². The summed E-state index contributed by atoms with van der Waals surface area (Å²) < 4.78 is 0.532. The molecule has 0 aromatic rings. The molecule has 1 aliphatic rings. The fourth-order valence-electron chi connectivity index (χ4n) is 1.84. The van der Waals surface area contributed by atoms with Crippen molar-refractivity contribution in [3.63, 3.8) is 0 Å². The molecule has 1 aliphatic carbocycles. The van der Waals surface area contributed by atoms with Crippen LogP contribution in [0.15, 0.2) is 0 Å². The highest BCUT2D eigenvalue weighted by molar-refractivity contribution is 9.26. The third-order valence-corrected chi connectivity index (χ3v) is 7.71. The van der Waals surface area contributed by atoms with Gasteiger partial charge in [-0.3, -0.25) is 0 Å². The Bertz CT molecular complexity index is 207. The molecule has 1 rings (SSSR count). The number of unbranched alkanes of at least 4 members (excludes halogenated alkanes) is 4. The maximum atomic E-state index is 3.79. The van der Waals surface area contributed by atoms with E-state index in [1.807, 2.05) is 0 Å². The van der Waals surface area contributed by atoms with Gasteiger partial charge in [0.1, 0.15) is 0 Å². The summed E-state index contributed by atoms with van der Waals surface area (Å²) in [5.41, 5.74) is 0. The molecule has 110 valence electrons. The Balaban J connectivity index is 0.000000494. The highest BCUT2D eigenvalue weighted by Gasteiger charge is 2.62. The van der Waals surface area contributed by atoms with Crippen LogP contribution in [0.3, 0.4) is 0 Å². The van der Waals surface area contributed by atoms with Crippen LogP contribution in [0.25, 0.3) is 0 Å². The van der Waals surface area contributed by atoms with Crippen molar-refractivity contribution in [2.24, 2.45) is 0 Å². The highest BCUT2D eigenvalue weighted by Crippen LogP contribution is 2.67. The Morgan fingerprint density at radius 2 is 1.39 bits per heavy atom. The summed E-state index contributed by atoms with van der Waals surface area (Å²) in [7, 11) is 0. The second-order valence-electron chi connectivity index (χ2n) is 4.97. The molecule has 0 aliphatic heterocycles. The lowest BCUT2D eigenvalue weighted by atomic mass is 10.1. The minimum absolute atomic E-state index is 0.192. The molecule has 0 aromatic heterocycles. The molecule has 0 saturated heterocycles. The molecule has 18 heavy (non-hydrogen) atoms. The second kappa shape index (κ2) is 10.2. The van der Waals surface area contributed by atoms with Gasteiger partial charge in [0.05, 0.1) is 7.56 Å². The van der Waals surface area contributed by atoms with Crippen LogP contribution in [-0.4, -0.2) is 20.6 Å². The zero-order valence-electron chi connectivity index (χ0n) is 12.0. The first kappa shape index (κ1) is 19.4. The summed E-state index contributed by atoms with van der Waals surface area (Å²) in [6.45, 7) is 8.65. The van der Waals surface area contributed by atoms with Crippen LogP contribution in [0.4, 0.5) is 0 Å². The van der Waals surface area contributed by atoms with Crippen LogP contribution in [0.5, 0.6) is 0 Å². The van der Waals surface area contributed by atoms with Gasteiger partial charge in [-0.1, -0.05) is 101 Å². The third kappa shape index (κ3) is 7.86. The van der Waals surface area contributed by atoms with Gasteiger partial charge in [0.15, 0.2) is 0 Å². The van der Waals surface area contributed by atoms with E-state index in [2.05, 4.69) is 73.9 Å². The van der Waals surface area contributed by atoms with Gasteiger partial charge in [0.25, 0.3) is 0 Å². The quantitative estimate of drug-likeness (QED) is 0.354. The molecule has 1 atom stereocenters. The van der Waals surface area contributed by atoms with Crippen molar-refractivity contribution in [2.75, 3.05) is 13.1 Å². The standard InChI is InChI=1S/C10H17Br3.C4H11N/c1-2-3-4-5-6-7-9(11)8-10(9,12)13;1-3-5-4-2/h2-8H2,1H3;5H,3-4H2,1-2H3. The van der Waals surface area contributed by atoms with Crippen molar-refractivity contribution in [3.05, 3.63) is 0 Å². The van der Waals surface area contributed by atoms with Crippen molar-refractivity contribution in [1.29, 1.82) is 0 Å². The van der Waals surface area contributed by atoms with Gasteiger partial charge >= 0.3 is 0 Å². The Kier molecular flexibility index (Phi) is 11.0. The maximum Gasteiger partial charge on any atom is 0.0972 e. The van der Waals surface area contributed by atoms with Gasteiger partial charge in [-0.2, -0.15) is 0 Å². The average Bonchev–Trinajstić information content (AvgIpc) is 2.80. The zero-order valence-corrected chi connectivity index (χ0v) is 16.8. The molecule has 0 spiro atoms. The summed E-state index contributed by atoms with van der Waals surface area (Å²) in [5.74, 6) is 0. The molecule has 1 unspecified atom stereocenters. The van der Waals surface area contributed by atoms with Crippen LogP contribution in [0.2, 0.25) is 0 Å². The number of nitrogens with one attached hydrogen (secondary N) is 1. The van der Waals surface area contributed by atoms with E-state index in [1.165, 1.54) is 44.9 Å². The normalized spacial score (nSPS) is 24.3. The van der Waals surface area contributed by atoms with E-state index in [9.17, 15) is 0 Å². The van der Waals surface area contributed by atoms with Crippen molar-refractivity contribution >= 4 is 47.8 Å². The summed E-state index contributed by atoms with van der Waals surface area (Å²) in [6.07, 6.45) is 9.35. The topological polar surface area (TPSA) is 12.0 Å². The second-order valence-corrected chi connectivity index (χ2v) is 10.3. The van der Waals surface area contributed by atoms with E-state index in [0.717, 1.165) is 13.1 Å². The SMILES string of the molecule is CCCCCCCC1(Br)CC1(Br)Br.CCNCC. The Labute approximate surface area is 139 Å². The number of rotatable bonds is 8. The summed E-state index contributed by atoms with van der Waals surface area (Å²) in [5, 5.41) is 3.11. The third-order valence-electron chi connectivity index (χ3n) is 3.21. The Morgan fingerprint density at radius 3 is 1.72 bits per heavy atom. The number of hydrogen-bond acceptors (Lipinski definition) is 1. The molecule has 1 saturated carbocycles. The number of halogens is 3. The van der Waals surface area contributed by atoms with E-state index >= 15 is 0 Å². The maximum absolute atomic E-state index is 3.79. The lowest BCUT2D eigenvalue weighted by Gasteiger charge is -2.09. The summed E-state index contributed by atoms with van der Waals surface area (Å²) in [6, 6.07) is 0. The van der Waals surface area contributed by atoms with Crippen LogP contribution >= 0.6 is 47.8 Å². The molecule has 0 bridgehead atoms. The van der Waals surface area contributed by atoms with Gasteiger partial charge in [-0.25, -0.2) is 0 Å². The lowest BCUT2D eigenvalue weighted by molar-refractivity contribution is 0.598. The zero-order chi connectivity index (χ0) is 14.1. The van der Waals surface area contributed by atoms with Gasteiger partial charge in [0, 0.05) is 0 Å². The summed E-state index contributed by atoms with van der Waals surface area (Å²) in [4.78, 5) is 0. The predicted octanol–water partition coefficient (Wildman–Crippen LogP) is 5.99. The first-order valence-electron chi connectivity index (χ1n) is 7.21. The van der Waals surface area contributed by atoms with Gasteiger partial charge in [-0.15, -0.1) is 0 Å². The van der Waals surface area contributed by atoms with E-state index in [-0.39, 0.29) is 3.23 Å². The molecule has 0 heterocycles. The molecule has 1 N–H and O–H groups in total. The molecule has 1 fully saturated rings. The minimum Gasteiger partial charge on any atom is -0.317 e. The molecular weight excluding hydrogens is 422 g/mol. The summed E-state index contributed by atoms with van der Waals surface area (Å²) >= 11 is 11.1. The molecule has 0 radical (unpaired) electrons. The van der Waals surface area contributed by atoms with Gasteiger partial charge in [0.2, 0.25) is 0 Å². The smallest absolute Gasteiger partial charge is 0.0972 e. The molecule has 0 aromatic carbocycles. The largest absolute Gasteiger partial charge is 0.317 e. The predicted molar refractivity (Wildman–Crippen MR) is 94.5 cm³/mol.